The van der Waals surface area contributed by atoms with Gasteiger partial charge in [-0.1, -0.05) is 20.8 Å². The molecule has 0 spiro atoms. The Morgan fingerprint density at radius 3 is 2.65 bits per heavy atom. The largest absolute Gasteiger partial charge is 0.342 e. The third kappa shape index (κ3) is 2.40. The third-order valence-electron chi connectivity index (χ3n) is 3.74. The van der Waals surface area contributed by atoms with Crippen LogP contribution in [0.4, 0.5) is 5.69 Å². The van der Waals surface area contributed by atoms with Gasteiger partial charge in [0, 0.05) is 6.20 Å². The lowest BCUT2D eigenvalue weighted by Crippen LogP contribution is -2.65. The van der Waals surface area contributed by atoms with Crippen LogP contribution in [0.3, 0.4) is 0 Å². The van der Waals surface area contributed by atoms with E-state index in [1.165, 1.54) is 0 Å². The van der Waals surface area contributed by atoms with Crippen LogP contribution in [0.5, 0.6) is 0 Å². The first-order chi connectivity index (χ1) is 9.47. The van der Waals surface area contributed by atoms with Crippen molar-refractivity contribution in [3.05, 3.63) is 24.0 Å². The Balaban J connectivity index is 2.47. The monoisotopic (exact) mass is 275 g/mol. The number of aryl methyl sites for hydroxylation is 1. The standard InChI is InChI=1S/C15H21N3O2/c1-5-11-14(19)17-13(9(2)3)15(20)18(11)12-8-16-7-6-10(12)4/h6-9,11,13H,5H2,1-4H3,(H,17,19). The summed E-state index contributed by atoms with van der Waals surface area (Å²) >= 11 is 0. The second-order valence-corrected chi connectivity index (χ2v) is 5.52. The minimum atomic E-state index is -0.468. The molecule has 2 rings (SSSR count). The fraction of sp³-hybridized carbons (Fsp3) is 0.533. The van der Waals surface area contributed by atoms with Crippen LogP contribution in [0, 0.1) is 12.8 Å². The van der Waals surface area contributed by atoms with Gasteiger partial charge in [0.1, 0.15) is 12.1 Å². The predicted molar refractivity (Wildman–Crippen MR) is 77.3 cm³/mol. The summed E-state index contributed by atoms with van der Waals surface area (Å²) in [5.74, 6) is -0.0830. The number of nitrogens with one attached hydrogen (secondary N) is 1. The molecule has 5 heteroatoms. The topological polar surface area (TPSA) is 62.3 Å². The number of rotatable bonds is 3. The van der Waals surface area contributed by atoms with Gasteiger partial charge in [-0.3, -0.25) is 19.5 Å². The first kappa shape index (κ1) is 14.5. The highest BCUT2D eigenvalue weighted by Crippen LogP contribution is 2.27. The summed E-state index contributed by atoms with van der Waals surface area (Å²) in [5, 5.41) is 2.84. The van der Waals surface area contributed by atoms with Crippen molar-refractivity contribution in [1.82, 2.24) is 10.3 Å². The molecule has 0 aliphatic carbocycles. The molecule has 2 atom stereocenters. The lowest BCUT2D eigenvalue weighted by molar-refractivity contribution is -0.134. The molecule has 0 bridgehead atoms. The number of carbonyl (C=O) groups excluding carboxylic acids is 2. The quantitative estimate of drug-likeness (QED) is 0.912. The predicted octanol–water partition coefficient (Wildman–Crippen LogP) is 1.66. The average molecular weight is 275 g/mol. The van der Waals surface area contributed by atoms with Crippen LogP contribution in [0.1, 0.15) is 32.8 Å². The average Bonchev–Trinajstić information content (AvgIpc) is 2.41. The van der Waals surface area contributed by atoms with E-state index in [1.54, 1.807) is 17.3 Å². The van der Waals surface area contributed by atoms with Gasteiger partial charge in [0.25, 0.3) is 5.91 Å². The van der Waals surface area contributed by atoms with Crippen molar-refractivity contribution < 1.29 is 9.59 Å². The Labute approximate surface area is 119 Å². The van der Waals surface area contributed by atoms with E-state index in [-0.39, 0.29) is 17.7 Å². The van der Waals surface area contributed by atoms with Gasteiger partial charge in [-0.15, -0.1) is 0 Å². The van der Waals surface area contributed by atoms with Crippen LogP contribution in [0.15, 0.2) is 18.5 Å². The molecule has 2 amide bonds. The third-order valence-corrected chi connectivity index (χ3v) is 3.74. The van der Waals surface area contributed by atoms with Gasteiger partial charge in [-0.2, -0.15) is 0 Å². The zero-order valence-corrected chi connectivity index (χ0v) is 12.4. The van der Waals surface area contributed by atoms with Gasteiger partial charge in [-0.05, 0) is 30.9 Å². The van der Waals surface area contributed by atoms with Crippen molar-refractivity contribution in [3.63, 3.8) is 0 Å². The summed E-state index contributed by atoms with van der Waals surface area (Å²) in [6, 6.07) is 0.928. The van der Waals surface area contributed by atoms with Gasteiger partial charge in [0.15, 0.2) is 0 Å². The van der Waals surface area contributed by atoms with Crippen molar-refractivity contribution in [3.8, 4) is 0 Å². The van der Waals surface area contributed by atoms with Crippen molar-refractivity contribution in [2.45, 2.75) is 46.2 Å². The number of hydrogen-bond acceptors (Lipinski definition) is 3. The summed E-state index contributed by atoms with van der Waals surface area (Å²) in [5.41, 5.74) is 1.67. The zero-order chi connectivity index (χ0) is 14.9. The first-order valence-electron chi connectivity index (χ1n) is 7.01. The van der Waals surface area contributed by atoms with Crippen LogP contribution in [0.25, 0.3) is 0 Å². The number of anilines is 1. The van der Waals surface area contributed by atoms with Crippen LogP contribution in [-0.2, 0) is 9.59 Å². The highest BCUT2D eigenvalue weighted by atomic mass is 16.2. The molecule has 108 valence electrons. The number of aromatic nitrogens is 1. The second-order valence-electron chi connectivity index (χ2n) is 5.52. The Hall–Kier alpha value is -1.91. The minimum absolute atomic E-state index is 0.0532. The van der Waals surface area contributed by atoms with Crippen molar-refractivity contribution in [2.75, 3.05) is 4.90 Å². The molecule has 1 aromatic rings. The van der Waals surface area contributed by atoms with E-state index in [0.29, 0.717) is 6.42 Å². The number of piperazine rings is 1. The Kier molecular flexibility index (Phi) is 4.06. The van der Waals surface area contributed by atoms with E-state index in [9.17, 15) is 9.59 Å². The Bertz CT molecular complexity index is 528. The van der Waals surface area contributed by atoms with Crippen molar-refractivity contribution in [1.29, 1.82) is 0 Å². The van der Waals surface area contributed by atoms with Gasteiger partial charge in [-0.25, -0.2) is 0 Å². The van der Waals surface area contributed by atoms with E-state index < -0.39 is 12.1 Å². The molecule has 0 aromatic carbocycles. The molecule has 2 unspecified atom stereocenters. The number of carbonyl (C=O) groups is 2. The molecule has 2 heterocycles. The highest BCUT2D eigenvalue weighted by molar-refractivity contribution is 6.08. The molecule has 1 saturated heterocycles. The normalized spacial score (nSPS) is 23.1. The Morgan fingerprint density at radius 1 is 1.40 bits per heavy atom. The summed E-state index contributed by atoms with van der Waals surface area (Å²) in [6.45, 7) is 7.70. The lowest BCUT2D eigenvalue weighted by Gasteiger charge is -2.40. The van der Waals surface area contributed by atoms with Gasteiger partial charge < -0.3 is 5.32 Å². The molecule has 1 aliphatic rings. The summed E-state index contributed by atoms with van der Waals surface area (Å²) in [7, 11) is 0. The smallest absolute Gasteiger partial charge is 0.250 e. The molecular formula is C15H21N3O2. The lowest BCUT2D eigenvalue weighted by atomic mass is 9.96. The van der Waals surface area contributed by atoms with Gasteiger partial charge in [0.2, 0.25) is 5.91 Å². The number of hydrogen-bond donors (Lipinski definition) is 1. The van der Waals surface area contributed by atoms with E-state index in [4.69, 9.17) is 0 Å². The van der Waals surface area contributed by atoms with Crippen molar-refractivity contribution >= 4 is 17.5 Å². The van der Waals surface area contributed by atoms with Crippen LogP contribution in [-0.4, -0.2) is 28.9 Å². The van der Waals surface area contributed by atoms with Crippen LogP contribution >= 0.6 is 0 Å². The summed E-state index contributed by atoms with van der Waals surface area (Å²) in [4.78, 5) is 30.7. The SMILES string of the molecule is CCC1C(=O)NC(C(C)C)C(=O)N1c1cnccc1C. The number of amides is 2. The summed E-state index contributed by atoms with van der Waals surface area (Å²) in [6.07, 6.45) is 3.93. The molecule has 1 fully saturated rings. The summed E-state index contributed by atoms with van der Waals surface area (Å²) < 4.78 is 0. The molecule has 0 radical (unpaired) electrons. The molecular weight excluding hydrogens is 254 g/mol. The molecule has 0 saturated carbocycles. The zero-order valence-electron chi connectivity index (χ0n) is 12.4. The number of nitrogens with zero attached hydrogens (tertiary/aromatic N) is 2. The van der Waals surface area contributed by atoms with Crippen molar-refractivity contribution in [2.24, 2.45) is 5.92 Å². The fourth-order valence-corrected chi connectivity index (χ4v) is 2.55. The van der Waals surface area contributed by atoms with E-state index in [2.05, 4.69) is 10.3 Å². The van der Waals surface area contributed by atoms with E-state index >= 15 is 0 Å². The second kappa shape index (κ2) is 5.61. The maximum Gasteiger partial charge on any atom is 0.250 e. The highest BCUT2D eigenvalue weighted by Gasteiger charge is 2.42. The Morgan fingerprint density at radius 2 is 2.10 bits per heavy atom. The van der Waals surface area contributed by atoms with Crippen LogP contribution < -0.4 is 10.2 Å². The van der Waals surface area contributed by atoms with Crippen LogP contribution in [0.2, 0.25) is 0 Å². The van der Waals surface area contributed by atoms with E-state index in [1.807, 2.05) is 33.8 Å². The molecule has 5 nitrogen and oxygen atoms in total. The fourth-order valence-electron chi connectivity index (χ4n) is 2.55. The van der Waals surface area contributed by atoms with Gasteiger partial charge >= 0.3 is 0 Å². The first-order valence-corrected chi connectivity index (χ1v) is 7.01. The maximum atomic E-state index is 12.7. The van der Waals surface area contributed by atoms with E-state index in [0.717, 1.165) is 11.3 Å². The molecule has 20 heavy (non-hydrogen) atoms. The van der Waals surface area contributed by atoms with Gasteiger partial charge in [0.05, 0.1) is 11.9 Å². The minimum Gasteiger partial charge on any atom is -0.342 e. The molecule has 1 aliphatic heterocycles. The maximum absolute atomic E-state index is 12.7. The molecule has 1 aromatic heterocycles. The molecule has 1 N–H and O–H groups in total. The number of pyridine rings is 1.